The standard InChI is InChI=1S/C32H42FN5O2/c1-20(2)36(5)32(40)28-13-26(33)8-11-29(28)38-19-25(31-21(3)14-34-15-30(31)38)12-24-17-37(18-24)16-23-6-9-27(10-7-23)35-22(4)39/h8,11,13-15,19-20,23-24,27H,6-7,9-10,12,16-18H2,1-5H3,(H,35,39). The molecule has 0 unspecified atom stereocenters. The Morgan fingerprint density at radius 2 is 1.85 bits per heavy atom. The number of carbonyl (C=O) groups excluding carboxylic acids is 2. The fraction of sp³-hybridized carbons (Fsp3) is 0.531. The number of rotatable bonds is 8. The molecule has 1 N–H and O–H groups in total. The number of aryl methyl sites for hydroxylation is 1. The lowest BCUT2D eigenvalue weighted by Gasteiger charge is -2.42. The summed E-state index contributed by atoms with van der Waals surface area (Å²) in [6.07, 6.45) is 11.3. The third-order valence-corrected chi connectivity index (χ3v) is 8.84. The van der Waals surface area contributed by atoms with Gasteiger partial charge in [0.15, 0.2) is 0 Å². The molecule has 1 saturated heterocycles. The van der Waals surface area contributed by atoms with E-state index in [1.807, 2.05) is 30.8 Å². The van der Waals surface area contributed by atoms with Crippen molar-refractivity contribution in [3.63, 3.8) is 0 Å². The minimum absolute atomic E-state index is 0.00157. The second-order valence-corrected chi connectivity index (χ2v) is 12.3. The minimum atomic E-state index is -0.423. The molecule has 5 rings (SSSR count). The zero-order valence-corrected chi connectivity index (χ0v) is 24.4. The van der Waals surface area contributed by atoms with E-state index < -0.39 is 5.82 Å². The molecule has 0 bridgehead atoms. The van der Waals surface area contributed by atoms with Crippen molar-refractivity contribution in [2.24, 2.45) is 11.8 Å². The predicted molar refractivity (Wildman–Crippen MR) is 156 cm³/mol. The van der Waals surface area contributed by atoms with E-state index in [0.717, 1.165) is 50.0 Å². The molecule has 2 amide bonds. The normalized spacial score (nSPS) is 20.1. The van der Waals surface area contributed by atoms with Crippen LogP contribution >= 0.6 is 0 Å². The van der Waals surface area contributed by atoms with Crippen LogP contribution in [0.2, 0.25) is 0 Å². The van der Waals surface area contributed by atoms with Crippen molar-refractivity contribution in [3.05, 3.63) is 59.3 Å². The molecule has 2 aromatic heterocycles. The van der Waals surface area contributed by atoms with Gasteiger partial charge in [0, 0.05) is 63.5 Å². The van der Waals surface area contributed by atoms with Crippen molar-refractivity contribution in [2.75, 3.05) is 26.7 Å². The maximum atomic E-state index is 14.4. The van der Waals surface area contributed by atoms with Crippen LogP contribution in [0.15, 0.2) is 36.8 Å². The highest BCUT2D eigenvalue weighted by molar-refractivity contribution is 5.99. The topological polar surface area (TPSA) is 70.5 Å². The maximum absolute atomic E-state index is 14.4. The van der Waals surface area contributed by atoms with Crippen molar-refractivity contribution < 1.29 is 14.0 Å². The molecule has 214 valence electrons. The summed E-state index contributed by atoms with van der Waals surface area (Å²) in [5.41, 5.74) is 4.31. The van der Waals surface area contributed by atoms with Gasteiger partial charge in [-0.25, -0.2) is 4.39 Å². The Balaban J connectivity index is 1.32. The molecule has 3 heterocycles. The Kier molecular flexibility index (Phi) is 8.26. The second kappa shape index (κ2) is 11.7. The van der Waals surface area contributed by atoms with Crippen molar-refractivity contribution in [2.45, 2.75) is 71.9 Å². The summed E-state index contributed by atoms with van der Waals surface area (Å²) in [7, 11) is 1.75. The molecular weight excluding hydrogens is 505 g/mol. The Labute approximate surface area is 236 Å². The van der Waals surface area contributed by atoms with Gasteiger partial charge in [-0.2, -0.15) is 0 Å². The van der Waals surface area contributed by atoms with E-state index >= 15 is 0 Å². The van der Waals surface area contributed by atoms with Gasteiger partial charge >= 0.3 is 0 Å². The van der Waals surface area contributed by atoms with Crippen LogP contribution in [0.5, 0.6) is 0 Å². The third kappa shape index (κ3) is 5.92. The number of amides is 2. The van der Waals surface area contributed by atoms with Crippen LogP contribution in [0, 0.1) is 24.6 Å². The molecule has 1 saturated carbocycles. The Hall–Kier alpha value is -3.26. The zero-order chi connectivity index (χ0) is 28.6. The van der Waals surface area contributed by atoms with E-state index in [-0.39, 0.29) is 17.9 Å². The number of hydrogen-bond acceptors (Lipinski definition) is 4. The molecule has 2 fully saturated rings. The highest BCUT2D eigenvalue weighted by atomic mass is 19.1. The molecule has 0 radical (unpaired) electrons. The van der Waals surface area contributed by atoms with Crippen LogP contribution in [0.3, 0.4) is 0 Å². The number of aromatic nitrogens is 2. The van der Waals surface area contributed by atoms with Crippen molar-refractivity contribution >= 4 is 22.7 Å². The van der Waals surface area contributed by atoms with E-state index in [2.05, 4.69) is 28.3 Å². The van der Waals surface area contributed by atoms with Gasteiger partial charge in [-0.15, -0.1) is 0 Å². The van der Waals surface area contributed by atoms with Gasteiger partial charge in [0.2, 0.25) is 5.91 Å². The first-order valence-corrected chi connectivity index (χ1v) is 14.6. The largest absolute Gasteiger partial charge is 0.354 e. The zero-order valence-electron chi connectivity index (χ0n) is 24.4. The lowest BCUT2D eigenvalue weighted by atomic mass is 9.84. The molecule has 2 aliphatic rings. The van der Waals surface area contributed by atoms with Gasteiger partial charge in [0.05, 0.1) is 23.0 Å². The molecular formula is C32H42FN5O2. The monoisotopic (exact) mass is 547 g/mol. The number of nitrogens with zero attached hydrogens (tertiary/aromatic N) is 4. The number of benzene rings is 1. The third-order valence-electron chi connectivity index (χ3n) is 8.84. The Morgan fingerprint density at radius 1 is 1.12 bits per heavy atom. The summed E-state index contributed by atoms with van der Waals surface area (Å²) in [5.74, 6) is 0.734. The van der Waals surface area contributed by atoms with Crippen LogP contribution in [0.4, 0.5) is 4.39 Å². The predicted octanol–water partition coefficient (Wildman–Crippen LogP) is 5.12. The second-order valence-electron chi connectivity index (χ2n) is 12.3. The van der Waals surface area contributed by atoms with Gasteiger partial charge in [0.1, 0.15) is 5.82 Å². The summed E-state index contributed by atoms with van der Waals surface area (Å²) in [5, 5.41) is 4.25. The van der Waals surface area contributed by atoms with Crippen LogP contribution < -0.4 is 5.32 Å². The summed E-state index contributed by atoms with van der Waals surface area (Å²) in [6.45, 7) is 10.9. The van der Waals surface area contributed by atoms with Crippen LogP contribution in [-0.2, 0) is 11.2 Å². The summed E-state index contributed by atoms with van der Waals surface area (Å²) in [6, 6.07) is 4.81. The molecule has 3 aromatic rings. The van der Waals surface area contributed by atoms with Crippen LogP contribution in [-0.4, -0.2) is 69.9 Å². The number of nitrogens with one attached hydrogen (secondary N) is 1. The van der Waals surface area contributed by atoms with Gasteiger partial charge < -0.3 is 19.7 Å². The SMILES string of the molecule is CC(=O)NC1CCC(CN2CC(Cc3cn(-c4ccc(F)cc4C(=O)N(C)C(C)C)c4cncc(C)c34)C2)CC1. The fourth-order valence-electron chi connectivity index (χ4n) is 6.52. The van der Waals surface area contributed by atoms with Gasteiger partial charge in [-0.05, 0) is 94.0 Å². The van der Waals surface area contributed by atoms with E-state index in [4.69, 9.17) is 0 Å². The Bertz CT molecular complexity index is 1390. The molecule has 40 heavy (non-hydrogen) atoms. The molecule has 1 aromatic carbocycles. The average molecular weight is 548 g/mol. The first kappa shape index (κ1) is 28.3. The van der Waals surface area contributed by atoms with Crippen LogP contribution in [0.25, 0.3) is 16.6 Å². The number of halogens is 1. The fourth-order valence-corrected chi connectivity index (χ4v) is 6.52. The smallest absolute Gasteiger partial charge is 0.256 e. The first-order chi connectivity index (χ1) is 19.1. The quantitative estimate of drug-likeness (QED) is 0.425. The van der Waals surface area contributed by atoms with Gasteiger partial charge in [-0.3, -0.25) is 14.6 Å². The first-order valence-electron chi connectivity index (χ1n) is 14.6. The molecule has 0 spiro atoms. The highest BCUT2D eigenvalue weighted by Crippen LogP contribution is 2.33. The number of carbonyl (C=O) groups is 2. The van der Waals surface area contributed by atoms with E-state index in [0.29, 0.717) is 29.1 Å². The maximum Gasteiger partial charge on any atom is 0.256 e. The van der Waals surface area contributed by atoms with Crippen molar-refractivity contribution in [1.82, 2.24) is 24.7 Å². The molecule has 1 aliphatic heterocycles. The summed E-state index contributed by atoms with van der Waals surface area (Å²) >= 11 is 0. The highest BCUT2D eigenvalue weighted by Gasteiger charge is 2.32. The van der Waals surface area contributed by atoms with E-state index in [1.165, 1.54) is 35.9 Å². The number of pyridine rings is 1. The molecule has 0 atom stereocenters. The number of fused-ring (bicyclic) bond motifs is 1. The van der Waals surface area contributed by atoms with Crippen molar-refractivity contribution in [1.29, 1.82) is 0 Å². The lowest BCUT2D eigenvalue weighted by Crippen LogP contribution is -2.50. The average Bonchev–Trinajstić information content (AvgIpc) is 3.26. The number of likely N-dealkylation sites (tertiary alicyclic amines) is 1. The Morgan fingerprint density at radius 3 is 2.52 bits per heavy atom. The van der Waals surface area contributed by atoms with Crippen molar-refractivity contribution in [3.8, 4) is 5.69 Å². The minimum Gasteiger partial charge on any atom is -0.354 e. The van der Waals surface area contributed by atoms with E-state index in [1.54, 1.807) is 24.9 Å². The number of hydrogen-bond donors (Lipinski definition) is 1. The summed E-state index contributed by atoms with van der Waals surface area (Å²) < 4.78 is 16.4. The molecule has 1 aliphatic carbocycles. The van der Waals surface area contributed by atoms with Gasteiger partial charge in [-0.1, -0.05) is 0 Å². The lowest BCUT2D eigenvalue weighted by molar-refractivity contribution is -0.119. The molecule has 8 heteroatoms. The van der Waals surface area contributed by atoms with E-state index in [9.17, 15) is 14.0 Å². The molecule has 7 nitrogen and oxygen atoms in total. The van der Waals surface area contributed by atoms with Crippen LogP contribution in [0.1, 0.15) is 67.9 Å². The van der Waals surface area contributed by atoms with Gasteiger partial charge in [0.25, 0.3) is 5.91 Å². The summed E-state index contributed by atoms with van der Waals surface area (Å²) in [4.78, 5) is 33.4.